The van der Waals surface area contributed by atoms with Gasteiger partial charge in [-0.1, -0.05) is 25.4 Å². The SMILES string of the molecule is CC(Nc1ncnc(Cl)c1C(C)C)C(=O)N(C)C. The van der Waals surface area contributed by atoms with Gasteiger partial charge in [0.2, 0.25) is 5.91 Å². The third kappa shape index (κ3) is 3.32. The highest BCUT2D eigenvalue weighted by Crippen LogP contribution is 2.28. The molecule has 0 bridgehead atoms. The molecule has 0 fully saturated rings. The van der Waals surface area contributed by atoms with Gasteiger partial charge in [-0.05, 0) is 12.8 Å². The minimum absolute atomic E-state index is 0.0144. The molecule has 100 valence electrons. The molecule has 1 N–H and O–H groups in total. The Morgan fingerprint density at radius 2 is 1.94 bits per heavy atom. The van der Waals surface area contributed by atoms with E-state index in [4.69, 9.17) is 11.6 Å². The fourth-order valence-corrected chi connectivity index (χ4v) is 2.01. The maximum atomic E-state index is 11.8. The van der Waals surface area contributed by atoms with E-state index in [9.17, 15) is 4.79 Å². The third-order valence-electron chi connectivity index (χ3n) is 2.58. The molecule has 0 aliphatic carbocycles. The Labute approximate surface area is 113 Å². The van der Waals surface area contributed by atoms with Crippen LogP contribution < -0.4 is 5.32 Å². The summed E-state index contributed by atoms with van der Waals surface area (Å²) >= 11 is 6.06. The number of nitrogens with zero attached hydrogens (tertiary/aromatic N) is 3. The van der Waals surface area contributed by atoms with Crippen molar-refractivity contribution >= 4 is 23.3 Å². The molecule has 0 saturated heterocycles. The van der Waals surface area contributed by atoms with Crippen molar-refractivity contribution in [3.63, 3.8) is 0 Å². The molecule has 0 radical (unpaired) electrons. The summed E-state index contributed by atoms with van der Waals surface area (Å²) in [6, 6.07) is -0.358. The van der Waals surface area contributed by atoms with E-state index in [-0.39, 0.29) is 17.9 Å². The van der Waals surface area contributed by atoms with Crippen molar-refractivity contribution in [3.05, 3.63) is 17.0 Å². The summed E-state index contributed by atoms with van der Waals surface area (Å²) < 4.78 is 0. The topological polar surface area (TPSA) is 58.1 Å². The quantitative estimate of drug-likeness (QED) is 0.852. The van der Waals surface area contributed by atoms with E-state index in [0.717, 1.165) is 5.56 Å². The average Bonchev–Trinajstić information content (AvgIpc) is 2.27. The number of hydrogen-bond donors (Lipinski definition) is 1. The number of likely N-dealkylation sites (N-methyl/N-ethyl adjacent to an activating group) is 1. The van der Waals surface area contributed by atoms with Gasteiger partial charge in [0.15, 0.2) is 0 Å². The van der Waals surface area contributed by atoms with Gasteiger partial charge >= 0.3 is 0 Å². The lowest BCUT2D eigenvalue weighted by atomic mass is 10.1. The predicted molar refractivity (Wildman–Crippen MR) is 72.9 cm³/mol. The Morgan fingerprint density at radius 1 is 1.33 bits per heavy atom. The second-order valence-electron chi connectivity index (χ2n) is 4.68. The molecule has 1 rings (SSSR count). The van der Waals surface area contributed by atoms with Crippen LogP contribution in [0.3, 0.4) is 0 Å². The van der Waals surface area contributed by atoms with E-state index in [1.807, 2.05) is 13.8 Å². The molecule has 1 unspecified atom stereocenters. The van der Waals surface area contributed by atoms with E-state index in [0.29, 0.717) is 11.0 Å². The zero-order valence-corrected chi connectivity index (χ0v) is 12.1. The summed E-state index contributed by atoms with van der Waals surface area (Å²) in [5, 5.41) is 3.51. The van der Waals surface area contributed by atoms with E-state index >= 15 is 0 Å². The Morgan fingerprint density at radius 3 is 2.44 bits per heavy atom. The Kier molecular flexibility index (Phi) is 4.90. The molecule has 6 heteroatoms. The minimum atomic E-state index is -0.358. The second kappa shape index (κ2) is 6.00. The highest BCUT2D eigenvalue weighted by atomic mass is 35.5. The van der Waals surface area contributed by atoms with Crippen molar-refractivity contribution in [1.29, 1.82) is 0 Å². The van der Waals surface area contributed by atoms with E-state index < -0.39 is 0 Å². The number of anilines is 1. The highest BCUT2D eigenvalue weighted by Gasteiger charge is 2.19. The molecule has 1 atom stereocenters. The molecule has 0 aliphatic heterocycles. The van der Waals surface area contributed by atoms with Gasteiger partial charge in [-0.2, -0.15) is 0 Å². The molecule has 0 saturated carbocycles. The van der Waals surface area contributed by atoms with Crippen molar-refractivity contribution in [2.75, 3.05) is 19.4 Å². The van der Waals surface area contributed by atoms with Crippen LogP contribution in [0.4, 0.5) is 5.82 Å². The summed E-state index contributed by atoms with van der Waals surface area (Å²) in [6.07, 6.45) is 1.39. The minimum Gasteiger partial charge on any atom is -0.358 e. The van der Waals surface area contributed by atoms with Crippen LogP contribution in [0.1, 0.15) is 32.3 Å². The van der Waals surface area contributed by atoms with Gasteiger partial charge in [0.1, 0.15) is 23.3 Å². The maximum Gasteiger partial charge on any atom is 0.244 e. The van der Waals surface area contributed by atoms with E-state index in [1.54, 1.807) is 21.0 Å². The largest absolute Gasteiger partial charge is 0.358 e. The van der Waals surface area contributed by atoms with Crippen LogP contribution in [-0.4, -0.2) is 40.9 Å². The lowest BCUT2D eigenvalue weighted by Gasteiger charge is -2.21. The first-order valence-electron chi connectivity index (χ1n) is 5.82. The van der Waals surface area contributed by atoms with Crippen LogP contribution in [0.15, 0.2) is 6.33 Å². The Balaban J connectivity index is 2.98. The monoisotopic (exact) mass is 270 g/mol. The van der Waals surface area contributed by atoms with Gasteiger partial charge in [-0.3, -0.25) is 4.79 Å². The molecule has 1 heterocycles. The first-order valence-corrected chi connectivity index (χ1v) is 6.20. The van der Waals surface area contributed by atoms with Gasteiger partial charge in [0.25, 0.3) is 0 Å². The van der Waals surface area contributed by atoms with Crippen molar-refractivity contribution in [2.45, 2.75) is 32.7 Å². The van der Waals surface area contributed by atoms with Crippen molar-refractivity contribution < 1.29 is 4.79 Å². The number of nitrogens with one attached hydrogen (secondary N) is 1. The summed E-state index contributed by atoms with van der Waals surface area (Å²) in [5.74, 6) is 0.787. The van der Waals surface area contributed by atoms with Crippen LogP contribution in [0, 0.1) is 0 Å². The molecule has 1 aromatic rings. The predicted octanol–water partition coefficient (Wildman–Crippen LogP) is 2.14. The van der Waals surface area contributed by atoms with Crippen molar-refractivity contribution in [3.8, 4) is 0 Å². The van der Waals surface area contributed by atoms with Crippen LogP contribution in [0.25, 0.3) is 0 Å². The number of rotatable bonds is 4. The zero-order valence-electron chi connectivity index (χ0n) is 11.4. The van der Waals surface area contributed by atoms with Gasteiger partial charge in [0.05, 0.1) is 0 Å². The highest BCUT2D eigenvalue weighted by molar-refractivity contribution is 6.30. The molecule has 5 nitrogen and oxygen atoms in total. The lowest BCUT2D eigenvalue weighted by molar-refractivity contribution is -0.129. The summed E-state index contributed by atoms with van der Waals surface area (Å²) in [5.41, 5.74) is 0.831. The smallest absolute Gasteiger partial charge is 0.244 e. The van der Waals surface area contributed by atoms with E-state index in [2.05, 4.69) is 15.3 Å². The molecule has 1 aromatic heterocycles. The molecule has 0 aliphatic rings. The van der Waals surface area contributed by atoms with Gasteiger partial charge < -0.3 is 10.2 Å². The fraction of sp³-hybridized carbons (Fsp3) is 0.583. The number of halogens is 1. The first kappa shape index (κ1) is 14.7. The van der Waals surface area contributed by atoms with Gasteiger partial charge in [0, 0.05) is 19.7 Å². The van der Waals surface area contributed by atoms with Crippen LogP contribution in [0.5, 0.6) is 0 Å². The maximum absolute atomic E-state index is 11.8. The molecular weight excluding hydrogens is 252 g/mol. The lowest BCUT2D eigenvalue weighted by Crippen LogP contribution is -2.37. The number of carbonyl (C=O) groups is 1. The van der Waals surface area contributed by atoms with Gasteiger partial charge in [-0.25, -0.2) is 9.97 Å². The molecule has 0 spiro atoms. The normalized spacial score (nSPS) is 12.4. The summed E-state index contributed by atoms with van der Waals surface area (Å²) in [4.78, 5) is 21.5. The van der Waals surface area contributed by atoms with Crippen LogP contribution in [-0.2, 0) is 4.79 Å². The van der Waals surface area contributed by atoms with E-state index in [1.165, 1.54) is 11.2 Å². The average molecular weight is 271 g/mol. The van der Waals surface area contributed by atoms with Crippen LogP contribution in [0.2, 0.25) is 5.15 Å². The number of amides is 1. The van der Waals surface area contributed by atoms with Crippen molar-refractivity contribution in [1.82, 2.24) is 14.9 Å². The summed E-state index contributed by atoms with van der Waals surface area (Å²) in [6.45, 7) is 5.81. The Bertz CT molecular complexity index is 434. The van der Waals surface area contributed by atoms with Gasteiger partial charge in [-0.15, -0.1) is 0 Å². The molecule has 0 aromatic carbocycles. The summed E-state index contributed by atoms with van der Waals surface area (Å²) in [7, 11) is 3.44. The zero-order chi connectivity index (χ0) is 13.9. The van der Waals surface area contributed by atoms with Crippen LogP contribution >= 0.6 is 11.6 Å². The number of hydrogen-bond acceptors (Lipinski definition) is 4. The Hall–Kier alpha value is -1.36. The molecular formula is C12H19ClN4O. The fourth-order valence-electron chi connectivity index (χ4n) is 1.65. The number of aromatic nitrogens is 2. The standard InChI is InChI=1S/C12H19ClN4O/c1-7(2)9-10(13)14-6-15-11(9)16-8(3)12(18)17(4)5/h6-8H,1-5H3,(H,14,15,16). The van der Waals surface area contributed by atoms with Crippen molar-refractivity contribution in [2.24, 2.45) is 0 Å². The molecule has 1 amide bonds. The number of carbonyl (C=O) groups excluding carboxylic acids is 1. The molecule has 18 heavy (non-hydrogen) atoms. The second-order valence-corrected chi connectivity index (χ2v) is 5.04. The third-order valence-corrected chi connectivity index (χ3v) is 2.88. The first-order chi connectivity index (χ1) is 8.34.